The van der Waals surface area contributed by atoms with Crippen molar-refractivity contribution in [2.24, 2.45) is 5.92 Å². The average Bonchev–Trinajstić information content (AvgIpc) is 2.65. The fraction of sp³-hybridized carbons (Fsp3) is 0.368. The van der Waals surface area contributed by atoms with Gasteiger partial charge in [-0.2, -0.15) is 0 Å². The molecule has 102 valence electrons. The third kappa shape index (κ3) is 1.66. The lowest BCUT2D eigenvalue weighted by Crippen LogP contribution is -2.31. The Balaban J connectivity index is 1.89. The van der Waals surface area contributed by atoms with Gasteiger partial charge in [-0.1, -0.05) is 48.5 Å². The SMILES string of the molecule is CN(C)C[C@@H]1[C@H]2c3ccccc3C[C@@H]1c1ccccc12. The van der Waals surface area contributed by atoms with E-state index in [2.05, 4.69) is 67.5 Å². The summed E-state index contributed by atoms with van der Waals surface area (Å²) in [5.74, 6) is 2.04. The monoisotopic (exact) mass is 263 g/mol. The van der Waals surface area contributed by atoms with Crippen LogP contribution in [0.4, 0.5) is 0 Å². The normalized spacial score (nSPS) is 26.4. The van der Waals surface area contributed by atoms with E-state index in [4.69, 9.17) is 0 Å². The maximum Gasteiger partial charge on any atom is 0.0141 e. The topological polar surface area (TPSA) is 3.24 Å². The fourth-order valence-corrected chi connectivity index (χ4v) is 4.40. The van der Waals surface area contributed by atoms with Crippen LogP contribution in [0.3, 0.4) is 0 Å². The standard InChI is InChI=1S/C19H21N/c1-20(2)12-18-17-11-13-7-3-4-8-14(13)19(18)16-10-6-5-9-15(16)17/h3-10,17-19H,11-12H2,1-2H3/t17-,18+,19+/m1/s1. The van der Waals surface area contributed by atoms with Crippen molar-refractivity contribution >= 4 is 0 Å². The lowest BCUT2D eigenvalue weighted by molar-refractivity contribution is 0.274. The second-order valence-corrected chi connectivity index (χ2v) is 6.54. The predicted octanol–water partition coefficient (Wildman–Crippen LogP) is 3.65. The number of benzene rings is 2. The molecule has 0 unspecified atom stereocenters. The minimum absolute atomic E-state index is 0.601. The Hall–Kier alpha value is -1.60. The number of nitrogens with zero attached hydrogens (tertiary/aromatic N) is 1. The van der Waals surface area contributed by atoms with Gasteiger partial charge in [-0.15, -0.1) is 0 Å². The molecule has 2 aromatic carbocycles. The first-order valence-corrected chi connectivity index (χ1v) is 7.57. The first-order valence-electron chi connectivity index (χ1n) is 7.57. The Bertz CT molecular complexity index is 633. The van der Waals surface area contributed by atoms with E-state index >= 15 is 0 Å². The van der Waals surface area contributed by atoms with Crippen molar-refractivity contribution in [1.29, 1.82) is 0 Å². The lowest BCUT2D eigenvalue weighted by Gasteiger charge is -2.34. The molecule has 0 fully saturated rings. The van der Waals surface area contributed by atoms with Crippen LogP contribution >= 0.6 is 0 Å². The summed E-state index contributed by atoms with van der Waals surface area (Å²) in [5.41, 5.74) is 6.31. The summed E-state index contributed by atoms with van der Waals surface area (Å²) >= 11 is 0. The molecule has 3 atom stereocenters. The highest BCUT2D eigenvalue weighted by atomic mass is 15.1. The quantitative estimate of drug-likeness (QED) is 0.799. The van der Waals surface area contributed by atoms with E-state index in [1.54, 1.807) is 22.3 Å². The maximum atomic E-state index is 2.36. The van der Waals surface area contributed by atoms with Gasteiger partial charge in [0.2, 0.25) is 0 Å². The van der Waals surface area contributed by atoms with Crippen molar-refractivity contribution in [2.75, 3.05) is 20.6 Å². The molecule has 4 rings (SSSR count). The average molecular weight is 263 g/mol. The Morgan fingerprint density at radius 1 is 0.900 bits per heavy atom. The first-order chi connectivity index (χ1) is 9.75. The third-order valence-electron chi connectivity index (χ3n) is 5.08. The van der Waals surface area contributed by atoms with Gasteiger partial charge in [0.05, 0.1) is 0 Å². The Morgan fingerprint density at radius 3 is 2.30 bits per heavy atom. The first kappa shape index (κ1) is 12.2. The highest BCUT2D eigenvalue weighted by Crippen LogP contribution is 2.55. The van der Waals surface area contributed by atoms with Crippen LogP contribution in [-0.4, -0.2) is 25.5 Å². The lowest BCUT2D eigenvalue weighted by atomic mass is 9.73. The predicted molar refractivity (Wildman–Crippen MR) is 83.2 cm³/mol. The van der Waals surface area contributed by atoms with Gasteiger partial charge in [-0.05, 0) is 54.6 Å². The van der Waals surface area contributed by atoms with E-state index in [0.29, 0.717) is 11.8 Å². The second kappa shape index (κ2) is 4.46. The molecule has 0 amide bonds. The molecule has 0 radical (unpaired) electrons. The van der Waals surface area contributed by atoms with Crippen LogP contribution in [0.1, 0.15) is 34.1 Å². The van der Waals surface area contributed by atoms with Gasteiger partial charge in [0.1, 0.15) is 0 Å². The molecule has 1 heteroatoms. The summed E-state index contributed by atoms with van der Waals surface area (Å²) in [6, 6.07) is 18.2. The van der Waals surface area contributed by atoms with Crippen LogP contribution in [0.5, 0.6) is 0 Å². The van der Waals surface area contributed by atoms with Gasteiger partial charge in [-0.3, -0.25) is 0 Å². The molecule has 0 aromatic heterocycles. The summed E-state index contributed by atoms with van der Waals surface area (Å²) in [6.07, 6.45) is 1.21. The van der Waals surface area contributed by atoms with Crippen molar-refractivity contribution < 1.29 is 0 Å². The van der Waals surface area contributed by atoms with Gasteiger partial charge >= 0.3 is 0 Å². The van der Waals surface area contributed by atoms with Crippen LogP contribution in [0.25, 0.3) is 0 Å². The van der Waals surface area contributed by atoms with Gasteiger partial charge in [0, 0.05) is 12.5 Å². The van der Waals surface area contributed by atoms with Crippen molar-refractivity contribution in [3.05, 3.63) is 70.8 Å². The largest absolute Gasteiger partial charge is 0.309 e. The van der Waals surface area contributed by atoms with Crippen LogP contribution in [-0.2, 0) is 6.42 Å². The molecule has 0 saturated carbocycles. The summed E-state index contributed by atoms with van der Waals surface area (Å²) < 4.78 is 0. The van der Waals surface area contributed by atoms with E-state index in [0.717, 1.165) is 5.92 Å². The zero-order chi connectivity index (χ0) is 13.7. The molecule has 2 aliphatic rings. The zero-order valence-electron chi connectivity index (χ0n) is 12.2. The van der Waals surface area contributed by atoms with Gasteiger partial charge < -0.3 is 4.90 Å². The Morgan fingerprint density at radius 2 is 1.55 bits per heavy atom. The molecule has 20 heavy (non-hydrogen) atoms. The molecule has 0 aliphatic heterocycles. The van der Waals surface area contributed by atoms with E-state index in [1.165, 1.54) is 13.0 Å². The summed E-state index contributed by atoms with van der Waals surface area (Å²) in [7, 11) is 4.40. The summed E-state index contributed by atoms with van der Waals surface area (Å²) in [5, 5.41) is 0. The molecule has 0 saturated heterocycles. The highest BCUT2D eigenvalue weighted by molar-refractivity contribution is 5.52. The number of hydrogen-bond donors (Lipinski definition) is 0. The van der Waals surface area contributed by atoms with Crippen LogP contribution < -0.4 is 0 Å². The Labute approximate surface area is 121 Å². The van der Waals surface area contributed by atoms with Crippen molar-refractivity contribution in [1.82, 2.24) is 4.90 Å². The van der Waals surface area contributed by atoms with E-state index in [9.17, 15) is 0 Å². The van der Waals surface area contributed by atoms with Crippen molar-refractivity contribution in [2.45, 2.75) is 18.3 Å². The van der Waals surface area contributed by atoms with Gasteiger partial charge in [0.25, 0.3) is 0 Å². The third-order valence-corrected chi connectivity index (χ3v) is 5.08. The minimum atomic E-state index is 0.601. The molecule has 0 spiro atoms. The summed E-state index contributed by atoms with van der Waals surface area (Å²) in [6.45, 7) is 1.18. The Kier molecular flexibility index (Phi) is 2.71. The number of rotatable bonds is 2. The number of fused-ring (bicyclic) bond motifs is 7. The number of hydrogen-bond acceptors (Lipinski definition) is 1. The molecule has 1 nitrogen and oxygen atoms in total. The van der Waals surface area contributed by atoms with Crippen LogP contribution in [0.15, 0.2) is 48.5 Å². The summed E-state index contributed by atoms with van der Waals surface area (Å²) in [4.78, 5) is 2.35. The fourth-order valence-electron chi connectivity index (χ4n) is 4.40. The van der Waals surface area contributed by atoms with Crippen molar-refractivity contribution in [3.63, 3.8) is 0 Å². The smallest absolute Gasteiger partial charge is 0.0141 e. The van der Waals surface area contributed by atoms with E-state index in [1.807, 2.05) is 0 Å². The van der Waals surface area contributed by atoms with Crippen molar-refractivity contribution in [3.8, 4) is 0 Å². The second-order valence-electron chi connectivity index (χ2n) is 6.54. The highest BCUT2D eigenvalue weighted by Gasteiger charge is 2.45. The molecular weight excluding hydrogens is 242 g/mol. The van der Waals surface area contributed by atoms with Gasteiger partial charge in [0.15, 0.2) is 0 Å². The maximum absolute atomic E-state index is 2.36. The molecular formula is C19H21N. The molecule has 2 bridgehead atoms. The molecule has 0 N–H and O–H groups in total. The minimum Gasteiger partial charge on any atom is -0.309 e. The van der Waals surface area contributed by atoms with E-state index < -0.39 is 0 Å². The molecule has 0 heterocycles. The molecule has 2 aliphatic carbocycles. The molecule has 2 aromatic rings. The van der Waals surface area contributed by atoms with E-state index in [-0.39, 0.29) is 0 Å². The van der Waals surface area contributed by atoms with Crippen LogP contribution in [0, 0.1) is 5.92 Å². The van der Waals surface area contributed by atoms with Gasteiger partial charge in [-0.25, -0.2) is 0 Å². The van der Waals surface area contributed by atoms with Crippen LogP contribution in [0.2, 0.25) is 0 Å². The zero-order valence-corrected chi connectivity index (χ0v) is 12.2.